The third kappa shape index (κ3) is 9.71. The van der Waals surface area contributed by atoms with Gasteiger partial charge < -0.3 is 24.8 Å². The molecule has 0 saturated carbocycles. The molecule has 2 rings (SSSR count). The number of aryl methyl sites for hydroxylation is 4. The zero-order chi connectivity index (χ0) is 13.4. The van der Waals surface area contributed by atoms with Gasteiger partial charge in [-0.1, -0.05) is 53.4 Å². The van der Waals surface area contributed by atoms with Crippen LogP contribution in [-0.2, 0) is 51.5 Å². The summed E-state index contributed by atoms with van der Waals surface area (Å²) in [6.45, 7) is 8.76. The molecular weight excluding hydrogens is 466 g/mol. The molecule has 3 heteroatoms. The van der Waals surface area contributed by atoms with Crippen molar-refractivity contribution in [3.05, 3.63) is 58.7 Å². The summed E-state index contributed by atoms with van der Waals surface area (Å²) in [5.41, 5.74) is 5.86. The Bertz CT molecular complexity index is 364. The predicted molar refractivity (Wildman–Crippen MR) is 81.6 cm³/mol. The van der Waals surface area contributed by atoms with Crippen molar-refractivity contribution in [2.75, 3.05) is 0 Å². The summed E-state index contributed by atoms with van der Waals surface area (Å²) in [7, 11) is 0. The molecule has 0 bridgehead atoms. The topological polar surface area (TPSA) is 0 Å². The third-order valence-electron chi connectivity index (χ3n) is 3.40. The SMILES string of the molecule is CCc1cc[c-](CC)c1.CCc1cc[c-](CC)c1.[Cl-].[Cl-].[Hf+4]. The van der Waals surface area contributed by atoms with E-state index >= 15 is 0 Å². The molecule has 0 amide bonds. The minimum absolute atomic E-state index is 0. The molecule has 0 heterocycles. The molecule has 0 unspecified atom stereocenters. The van der Waals surface area contributed by atoms with Gasteiger partial charge in [0.2, 0.25) is 0 Å². The van der Waals surface area contributed by atoms with E-state index in [2.05, 4.69) is 64.1 Å². The summed E-state index contributed by atoms with van der Waals surface area (Å²) < 4.78 is 0. The van der Waals surface area contributed by atoms with E-state index in [1.807, 2.05) is 0 Å². The van der Waals surface area contributed by atoms with Crippen LogP contribution in [0.3, 0.4) is 0 Å². The molecule has 21 heavy (non-hydrogen) atoms. The van der Waals surface area contributed by atoms with Gasteiger partial charge in [-0.2, -0.15) is 46.5 Å². The Hall–Kier alpha value is 0.150. The average molecular weight is 492 g/mol. The van der Waals surface area contributed by atoms with Gasteiger partial charge >= 0.3 is 25.8 Å². The number of hydrogen-bond donors (Lipinski definition) is 0. The van der Waals surface area contributed by atoms with Crippen LogP contribution >= 0.6 is 0 Å². The van der Waals surface area contributed by atoms with E-state index in [9.17, 15) is 0 Å². The fourth-order valence-corrected chi connectivity index (χ4v) is 1.98. The summed E-state index contributed by atoms with van der Waals surface area (Å²) in [6.07, 6.45) is 4.67. The van der Waals surface area contributed by atoms with Gasteiger partial charge in [-0.25, -0.2) is 12.1 Å². The van der Waals surface area contributed by atoms with Gasteiger partial charge in [0.25, 0.3) is 0 Å². The summed E-state index contributed by atoms with van der Waals surface area (Å²) in [5, 5.41) is 0. The molecule has 0 radical (unpaired) electrons. The van der Waals surface area contributed by atoms with Gasteiger partial charge in [0.15, 0.2) is 0 Å². The van der Waals surface area contributed by atoms with E-state index < -0.39 is 0 Å². The Morgan fingerprint density at radius 1 is 0.714 bits per heavy atom. The van der Waals surface area contributed by atoms with Crippen LogP contribution in [0.4, 0.5) is 0 Å². The van der Waals surface area contributed by atoms with Crippen molar-refractivity contribution >= 4 is 0 Å². The molecule has 0 N–H and O–H groups in total. The van der Waals surface area contributed by atoms with Crippen molar-refractivity contribution in [1.82, 2.24) is 0 Å². The summed E-state index contributed by atoms with van der Waals surface area (Å²) in [5.74, 6) is 0. The molecule has 116 valence electrons. The maximum Gasteiger partial charge on any atom is 4.00 e. The Kier molecular flexibility index (Phi) is 18.7. The molecule has 0 aromatic heterocycles. The normalized spacial score (nSPS) is 8.57. The van der Waals surface area contributed by atoms with Gasteiger partial charge in [-0.3, -0.25) is 0 Å². The molecular formula is C18H26Cl2Hf. The minimum atomic E-state index is 0. The van der Waals surface area contributed by atoms with Crippen LogP contribution in [0, 0.1) is 0 Å². The van der Waals surface area contributed by atoms with Crippen LogP contribution in [0.25, 0.3) is 0 Å². The second kappa shape index (κ2) is 15.1. The Morgan fingerprint density at radius 2 is 1.05 bits per heavy atom. The third-order valence-corrected chi connectivity index (χ3v) is 3.40. The fraction of sp³-hybridized carbons (Fsp3) is 0.444. The van der Waals surface area contributed by atoms with Crippen molar-refractivity contribution < 1.29 is 50.7 Å². The Morgan fingerprint density at radius 3 is 1.19 bits per heavy atom. The molecule has 0 aliphatic carbocycles. The van der Waals surface area contributed by atoms with Gasteiger partial charge in [-0.05, 0) is 0 Å². The quantitative estimate of drug-likeness (QED) is 0.383. The second-order valence-electron chi connectivity index (χ2n) is 4.67. The van der Waals surface area contributed by atoms with Crippen molar-refractivity contribution in [2.24, 2.45) is 0 Å². The average Bonchev–Trinajstić information content (AvgIpc) is 3.07. The van der Waals surface area contributed by atoms with Gasteiger partial charge in [0.1, 0.15) is 0 Å². The molecule has 0 nitrogen and oxygen atoms in total. The zero-order valence-corrected chi connectivity index (χ0v) is 18.7. The largest absolute Gasteiger partial charge is 4.00 e. The van der Waals surface area contributed by atoms with Crippen molar-refractivity contribution in [1.29, 1.82) is 0 Å². The first-order chi connectivity index (χ1) is 8.73. The monoisotopic (exact) mass is 492 g/mol. The van der Waals surface area contributed by atoms with E-state index in [4.69, 9.17) is 0 Å². The molecule has 0 saturated heterocycles. The number of hydrogen-bond acceptors (Lipinski definition) is 0. The molecule has 2 aromatic carbocycles. The maximum atomic E-state index is 2.28. The van der Waals surface area contributed by atoms with Crippen LogP contribution in [-0.4, -0.2) is 0 Å². The minimum Gasteiger partial charge on any atom is -1.00 e. The van der Waals surface area contributed by atoms with Gasteiger partial charge in [0, 0.05) is 0 Å². The standard InChI is InChI=1S/2C9H13.2ClH.Hf/c2*1-3-8-5-6-9(4-2)7-8;;;/h2*5-7H,3-4H2,1-2H3;2*1H;/q2*-1;;;+4/p-2. The van der Waals surface area contributed by atoms with Crippen LogP contribution in [0.1, 0.15) is 49.9 Å². The van der Waals surface area contributed by atoms with Crippen molar-refractivity contribution in [2.45, 2.75) is 53.4 Å². The van der Waals surface area contributed by atoms with Crippen LogP contribution < -0.4 is 24.8 Å². The fourth-order valence-electron chi connectivity index (χ4n) is 1.98. The predicted octanol–water partition coefficient (Wildman–Crippen LogP) is -0.934. The number of rotatable bonds is 4. The maximum absolute atomic E-state index is 2.28. The van der Waals surface area contributed by atoms with E-state index in [1.165, 1.54) is 47.9 Å². The van der Waals surface area contributed by atoms with Crippen molar-refractivity contribution in [3.8, 4) is 0 Å². The molecule has 0 spiro atoms. The van der Waals surface area contributed by atoms with Crippen LogP contribution in [0.2, 0.25) is 0 Å². The first kappa shape index (κ1) is 26.1. The van der Waals surface area contributed by atoms with Crippen molar-refractivity contribution in [3.63, 3.8) is 0 Å². The van der Waals surface area contributed by atoms with Gasteiger partial charge in [-0.15, -0.1) is 0 Å². The molecule has 0 fully saturated rings. The first-order valence-corrected chi connectivity index (χ1v) is 7.22. The Labute approximate surface area is 162 Å². The summed E-state index contributed by atoms with van der Waals surface area (Å²) >= 11 is 0. The van der Waals surface area contributed by atoms with E-state index in [-0.39, 0.29) is 50.7 Å². The van der Waals surface area contributed by atoms with Gasteiger partial charge in [0.05, 0.1) is 0 Å². The van der Waals surface area contributed by atoms with E-state index in [1.54, 1.807) is 0 Å². The Balaban J connectivity index is -0.000000270. The van der Waals surface area contributed by atoms with Crippen LogP contribution in [0.15, 0.2) is 36.4 Å². The van der Waals surface area contributed by atoms with E-state index in [0.717, 1.165) is 0 Å². The number of halogens is 2. The molecule has 0 atom stereocenters. The zero-order valence-electron chi connectivity index (χ0n) is 13.5. The summed E-state index contributed by atoms with van der Waals surface area (Å²) in [4.78, 5) is 0. The first-order valence-electron chi connectivity index (χ1n) is 7.22. The second-order valence-corrected chi connectivity index (χ2v) is 4.67. The smallest absolute Gasteiger partial charge is 1.00 e. The summed E-state index contributed by atoms with van der Waals surface area (Å²) in [6, 6.07) is 13.4. The van der Waals surface area contributed by atoms with E-state index in [0.29, 0.717) is 0 Å². The van der Waals surface area contributed by atoms with Crippen LogP contribution in [0.5, 0.6) is 0 Å². The molecule has 2 aromatic rings. The molecule has 0 aliphatic rings. The molecule has 0 aliphatic heterocycles.